The van der Waals surface area contributed by atoms with Crippen molar-refractivity contribution in [2.75, 3.05) is 12.8 Å². The van der Waals surface area contributed by atoms with E-state index in [1.165, 1.54) is 0 Å². The maximum Gasteiger partial charge on any atom is 0.201 e. The van der Waals surface area contributed by atoms with E-state index >= 15 is 0 Å². The molecule has 98 valence electrons. The van der Waals surface area contributed by atoms with Crippen molar-refractivity contribution in [3.05, 3.63) is 18.2 Å². The highest BCUT2D eigenvalue weighted by molar-refractivity contribution is 5.84. The Balaban J connectivity index is 2.54. The molecule has 0 bridgehead atoms. The van der Waals surface area contributed by atoms with E-state index in [4.69, 9.17) is 10.5 Å². The Morgan fingerprint density at radius 1 is 1.33 bits per heavy atom. The number of hydrogen-bond acceptors (Lipinski definition) is 3. The fourth-order valence-electron chi connectivity index (χ4n) is 2.52. The Bertz CT molecular complexity index is 545. The Hall–Kier alpha value is -1.71. The molecule has 0 saturated heterocycles. The summed E-state index contributed by atoms with van der Waals surface area (Å²) in [5, 5.41) is 0. The second-order valence-electron chi connectivity index (χ2n) is 5.15. The average Bonchev–Trinajstić information content (AvgIpc) is 2.63. The monoisotopic (exact) mass is 247 g/mol. The standard InChI is InChI=1S/C14H21N3O/c1-9(2)8-10(3)17-11-6-5-7-12(18-4)13(11)16-14(17)15/h5-7,9-10H,8H2,1-4H3,(H2,15,16). The Kier molecular flexibility index (Phi) is 3.45. The van der Waals surface area contributed by atoms with Crippen LogP contribution in [-0.2, 0) is 0 Å². The molecule has 0 aliphatic carbocycles. The first-order valence-electron chi connectivity index (χ1n) is 6.35. The van der Waals surface area contributed by atoms with Gasteiger partial charge >= 0.3 is 0 Å². The summed E-state index contributed by atoms with van der Waals surface area (Å²) in [7, 11) is 1.65. The van der Waals surface area contributed by atoms with E-state index in [0.717, 1.165) is 23.2 Å². The summed E-state index contributed by atoms with van der Waals surface area (Å²) in [6, 6.07) is 6.26. The molecular weight excluding hydrogens is 226 g/mol. The van der Waals surface area contributed by atoms with Gasteiger partial charge in [0.15, 0.2) is 0 Å². The van der Waals surface area contributed by atoms with Crippen LogP contribution in [0.3, 0.4) is 0 Å². The number of imidazole rings is 1. The van der Waals surface area contributed by atoms with Crippen LogP contribution in [-0.4, -0.2) is 16.7 Å². The van der Waals surface area contributed by atoms with E-state index in [9.17, 15) is 0 Å². The van der Waals surface area contributed by atoms with E-state index in [0.29, 0.717) is 17.9 Å². The Labute approximate surface area is 108 Å². The summed E-state index contributed by atoms with van der Waals surface area (Å²) in [6.07, 6.45) is 1.08. The van der Waals surface area contributed by atoms with Crippen molar-refractivity contribution in [2.45, 2.75) is 33.2 Å². The number of nitrogens with two attached hydrogens (primary N) is 1. The number of nitrogen functional groups attached to an aromatic ring is 1. The zero-order chi connectivity index (χ0) is 13.3. The summed E-state index contributed by atoms with van der Waals surface area (Å²) < 4.78 is 7.42. The summed E-state index contributed by atoms with van der Waals surface area (Å²) in [6.45, 7) is 6.61. The molecule has 1 aromatic heterocycles. The predicted molar refractivity (Wildman–Crippen MR) is 74.9 cm³/mol. The topological polar surface area (TPSA) is 53.1 Å². The third-order valence-electron chi connectivity index (χ3n) is 3.18. The van der Waals surface area contributed by atoms with Gasteiger partial charge in [0.05, 0.1) is 12.6 Å². The van der Waals surface area contributed by atoms with Crippen molar-refractivity contribution in [1.82, 2.24) is 9.55 Å². The molecule has 2 N–H and O–H groups in total. The van der Waals surface area contributed by atoms with Gasteiger partial charge in [0.1, 0.15) is 11.3 Å². The number of nitrogens with zero attached hydrogens (tertiary/aromatic N) is 2. The molecule has 0 spiro atoms. The molecule has 1 aromatic carbocycles. The predicted octanol–water partition coefficient (Wildman–Crippen LogP) is 3.23. The minimum Gasteiger partial charge on any atom is -0.494 e. The number of benzene rings is 1. The fraction of sp³-hybridized carbons (Fsp3) is 0.500. The number of ether oxygens (including phenoxy) is 1. The van der Waals surface area contributed by atoms with Crippen LogP contribution in [0, 0.1) is 5.92 Å². The van der Waals surface area contributed by atoms with Crippen molar-refractivity contribution >= 4 is 17.0 Å². The number of rotatable bonds is 4. The lowest BCUT2D eigenvalue weighted by molar-refractivity contribution is 0.419. The van der Waals surface area contributed by atoms with Gasteiger partial charge in [-0.15, -0.1) is 0 Å². The number of aromatic nitrogens is 2. The number of fused-ring (bicyclic) bond motifs is 1. The second-order valence-corrected chi connectivity index (χ2v) is 5.15. The van der Waals surface area contributed by atoms with Crippen molar-refractivity contribution in [3.63, 3.8) is 0 Å². The molecule has 0 fully saturated rings. The van der Waals surface area contributed by atoms with Gasteiger partial charge in [0, 0.05) is 6.04 Å². The Morgan fingerprint density at radius 2 is 2.06 bits per heavy atom. The van der Waals surface area contributed by atoms with Crippen molar-refractivity contribution in [3.8, 4) is 5.75 Å². The number of methoxy groups -OCH3 is 1. The summed E-state index contributed by atoms with van der Waals surface area (Å²) in [5.74, 6) is 1.96. The lowest BCUT2D eigenvalue weighted by Gasteiger charge is -2.18. The van der Waals surface area contributed by atoms with E-state index in [-0.39, 0.29) is 0 Å². The Morgan fingerprint density at radius 3 is 2.67 bits per heavy atom. The normalized spacial score (nSPS) is 13.2. The van der Waals surface area contributed by atoms with Gasteiger partial charge in [0.2, 0.25) is 5.95 Å². The highest BCUT2D eigenvalue weighted by Gasteiger charge is 2.17. The third kappa shape index (κ3) is 2.15. The molecule has 18 heavy (non-hydrogen) atoms. The summed E-state index contributed by atoms with van der Waals surface area (Å²) in [5.41, 5.74) is 7.93. The number of hydrogen-bond donors (Lipinski definition) is 1. The molecule has 4 heteroatoms. The molecule has 2 rings (SSSR count). The van der Waals surface area contributed by atoms with Crippen LogP contribution in [0.2, 0.25) is 0 Å². The van der Waals surface area contributed by atoms with E-state index < -0.39 is 0 Å². The van der Waals surface area contributed by atoms with Gasteiger partial charge in [0.25, 0.3) is 0 Å². The quantitative estimate of drug-likeness (QED) is 0.902. The van der Waals surface area contributed by atoms with E-state index in [1.807, 2.05) is 18.2 Å². The molecule has 1 unspecified atom stereocenters. The van der Waals surface area contributed by atoms with Crippen LogP contribution in [0.4, 0.5) is 5.95 Å². The minimum absolute atomic E-state index is 0.335. The highest BCUT2D eigenvalue weighted by Crippen LogP contribution is 2.31. The molecule has 1 atom stereocenters. The lowest BCUT2D eigenvalue weighted by atomic mass is 10.0. The second kappa shape index (κ2) is 4.88. The fourth-order valence-corrected chi connectivity index (χ4v) is 2.52. The molecule has 0 aliphatic heterocycles. The zero-order valence-electron chi connectivity index (χ0n) is 11.5. The molecule has 0 aliphatic rings. The van der Waals surface area contributed by atoms with E-state index in [1.54, 1.807) is 7.11 Å². The molecule has 2 aromatic rings. The molecule has 4 nitrogen and oxygen atoms in total. The van der Waals surface area contributed by atoms with Crippen LogP contribution in [0.15, 0.2) is 18.2 Å². The SMILES string of the molecule is COc1cccc2c1nc(N)n2C(C)CC(C)C. The smallest absolute Gasteiger partial charge is 0.201 e. The van der Waals surface area contributed by atoms with Crippen LogP contribution >= 0.6 is 0 Å². The highest BCUT2D eigenvalue weighted by atomic mass is 16.5. The van der Waals surface area contributed by atoms with Crippen molar-refractivity contribution in [1.29, 1.82) is 0 Å². The van der Waals surface area contributed by atoms with Crippen LogP contribution in [0.1, 0.15) is 33.2 Å². The van der Waals surface area contributed by atoms with Gasteiger partial charge in [-0.05, 0) is 31.4 Å². The van der Waals surface area contributed by atoms with Crippen molar-refractivity contribution < 1.29 is 4.74 Å². The zero-order valence-corrected chi connectivity index (χ0v) is 11.5. The summed E-state index contributed by atoms with van der Waals surface area (Å²) >= 11 is 0. The van der Waals surface area contributed by atoms with Gasteiger partial charge in [-0.2, -0.15) is 0 Å². The molecule has 0 saturated carbocycles. The van der Waals surface area contributed by atoms with Crippen LogP contribution in [0.25, 0.3) is 11.0 Å². The lowest BCUT2D eigenvalue weighted by Crippen LogP contribution is -2.11. The third-order valence-corrected chi connectivity index (χ3v) is 3.18. The van der Waals surface area contributed by atoms with Gasteiger partial charge in [-0.25, -0.2) is 4.98 Å². The van der Waals surface area contributed by atoms with E-state index in [2.05, 4.69) is 30.3 Å². The molecule has 1 heterocycles. The van der Waals surface area contributed by atoms with Gasteiger partial charge in [-0.3, -0.25) is 0 Å². The van der Waals surface area contributed by atoms with Gasteiger partial charge < -0.3 is 15.0 Å². The maximum absolute atomic E-state index is 6.05. The van der Waals surface area contributed by atoms with Gasteiger partial charge in [-0.1, -0.05) is 19.9 Å². The average molecular weight is 247 g/mol. The summed E-state index contributed by atoms with van der Waals surface area (Å²) in [4.78, 5) is 4.43. The first kappa shape index (κ1) is 12.7. The number of para-hydroxylation sites is 1. The largest absolute Gasteiger partial charge is 0.494 e. The van der Waals surface area contributed by atoms with Crippen LogP contribution in [0.5, 0.6) is 5.75 Å². The van der Waals surface area contributed by atoms with Crippen LogP contribution < -0.4 is 10.5 Å². The van der Waals surface area contributed by atoms with Crippen molar-refractivity contribution in [2.24, 2.45) is 5.92 Å². The number of anilines is 1. The molecule has 0 radical (unpaired) electrons. The maximum atomic E-state index is 6.05. The first-order chi connectivity index (χ1) is 8.54. The minimum atomic E-state index is 0.335. The first-order valence-corrected chi connectivity index (χ1v) is 6.35. The molecule has 0 amide bonds. The molecular formula is C14H21N3O.